The second-order valence-electron chi connectivity index (χ2n) is 12.0. The first-order valence-corrected chi connectivity index (χ1v) is 15.9. The van der Waals surface area contributed by atoms with E-state index in [0.717, 1.165) is 22.5 Å². The molecule has 50 heavy (non-hydrogen) atoms. The van der Waals surface area contributed by atoms with E-state index in [2.05, 4.69) is 26.1 Å². The van der Waals surface area contributed by atoms with Crippen molar-refractivity contribution in [3.63, 3.8) is 0 Å². The Bertz CT molecular complexity index is 1850. The Morgan fingerprint density at radius 3 is 2.42 bits per heavy atom. The summed E-state index contributed by atoms with van der Waals surface area (Å²) in [6, 6.07) is 12.8. The van der Waals surface area contributed by atoms with Gasteiger partial charge in [-0.15, -0.1) is 0 Å². The number of pyridine rings is 1. The number of fused-ring (bicyclic) bond motifs is 1. The predicted molar refractivity (Wildman–Crippen MR) is 180 cm³/mol. The van der Waals surface area contributed by atoms with Crippen LogP contribution in [0.15, 0.2) is 83.5 Å². The summed E-state index contributed by atoms with van der Waals surface area (Å²) in [7, 11) is 0. The maximum absolute atomic E-state index is 13.7. The van der Waals surface area contributed by atoms with Crippen LogP contribution in [0.1, 0.15) is 54.1 Å². The van der Waals surface area contributed by atoms with Gasteiger partial charge in [-0.1, -0.05) is 55.4 Å². The number of amides is 4. The molecule has 2 aromatic heterocycles. The molecule has 262 valence electrons. The molecule has 0 spiro atoms. The summed E-state index contributed by atoms with van der Waals surface area (Å²) in [6.07, 6.45) is 4.05. The van der Waals surface area contributed by atoms with E-state index in [1.807, 2.05) is 18.2 Å². The molecule has 0 saturated heterocycles. The summed E-state index contributed by atoms with van der Waals surface area (Å²) < 4.78 is 24.0. The van der Waals surface area contributed by atoms with Crippen molar-refractivity contribution in [1.29, 1.82) is 0 Å². The minimum absolute atomic E-state index is 0.0155. The van der Waals surface area contributed by atoms with E-state index in [4.69, 9.17) is 15.0 Å². The van der Waals surface area contributed by atoms with Crippen LogP contribution in [0.2, 0.25) is 0 Å². The van der Waals surface area contributed by atoms with E-state index in [1.165, 1.54) is 36.4 Å². The second kappa shape index (κ2) is 17.5. The number of esters is 1. The highest BCUT2D eigenvalue weighted by molar-refractivity contribution is 5.97. The summed E-state index contributed by atoms with van der Waals surface area (Å²) in [4.78, 5) is 68.7. The van der Waals surface area contributed by atoms with Gasteiger partial charge in [-0.2, -0.15) is 0 Å². The zero-order chi connectivity index (χ0) is 36.2. The van der Waals surface area contributed by atoms with Crippen LogP contribution >= 0.6 is 0 Å². The van der Waals surface area contributed by atoms with E-state index >= 15 is 0 Å². The maximum Gasteiger partial charge on any atom is 0.330 e. The number of carbonyl (C=O) groups excluding carboxylic acids is 5. The molecule has 4 amide bonds. The van der Waals surface area contributed by atoms with Crippen molar-refractivity contribution < 1.29 is 37.6 Å². The van der Waals surface area contributed by atoms with Crippen molar-refractivity contribution in [1.82, 2.24) is 26.1 Å². The molecule has 2 aromatic carbocycles. The molecule has 0 aliphatic heterocycles. The van der Waals surface area contributed by atoms with Gasteiger partial charge in [0.25, 0.3) is 5.91 Å². The number of carbonyl (C=O) groups is 5. The average Bonchev–Trinajstić information content (AvgIpc) is 3.53. The lowest BCUT2D eigenvalue weighted by Gasteiger charge is -2.26. The Morgan fingerprint density at radius 1 is 0.980 bits per heavy atom. The molecule has 0 bridgehead atoms. The average molecular weight is 687 g/mol. The Labute approximate surface area is 287 Å². The number of nitrogens with zero attached hydrogens (tertiary/aromatic N) is 2. The minimum Gasteiger partial charge on any atom is -0.458 e. The molecule has 13 nitrogen and oxygen atoms in total. The molecule has 14 heteroatoms. The predicted octanol–water partition coefficient (Wildman–Crippen LogP) is 3.20. The number of hydrogen-bond donors (Lipinski definition) is 4. The van der Waals surface area contributed by atoms with Crippen LogP contribution in [0.4, 0.5) is 4.39 Å². The monoisotopic (exact) mass is 686 g/mol. The Morgan fingerprint density at radius 2 is 1.74 bits per heavy atom. The smallest absolute Gasteiger partial charge is 0.330 e. The molecule has 0 fully saturated rings. The lowest BCUT2D eigenvalue weighted by Crippen LogP contribution is -2.56. The molecule has 0 aliphatic rings. The molecule has 4 aromatic rings. The quantitative estimate of drug-likeness (QED) is 0.101. The summed E-state index contributed by atoms with van der Waals surface area (Å²) in [6.45, 7) is 5.03. The molecular weight excluding hydrogens is 647 g/mol. The zero-order valence-electron chi connectivity index (χ0n) is 27.9. The molecule has 0 radical (unpaired) electrons. The molecule has 3 atom stereocenters. The van der Waals surface area contributed by atoms with Crippen LogP contribution in [-0.2, 0) is 36.9 Å². The highest BCUT2D eigenvalue weighted by Crippen LogP contribution is 2.17. The number of rotatable bonds is 16. The van der Waals surface area contributed by atoms with Crippen molar-refractivity contribution >= 4 is 40.5 Å². The molecule has 4 rings (SSSR count). The Kier molecular flexibility index (Phi) is 12.9. The Hall–Kier alpha value is -5.92. The van der Waals surface area contributed by atoms with Gasteiger partial charge in [0.1, 0.15) is 30.3 Å². The first kappa shape index (κ1) is 36.9. The topological polar surface area (TPSA) is 196 Å². The van der Waals surface area contributed by atoms with Gasteiger partial charge in [-0.25, -0.2) is 9.18 Å². The number of nitrogens with one attached hydrogen (secondary N) is 3. The highest BCUT2D eigenvalue weighted by Gasteiger charge is 2.30. The van der Waals surface area contributed by atoms with Gasteiger partial charge < -0.3 is 30.9 Å². The van der Waals surface area contributed by atoms with Gasteiger partial charge in [0, 0.05) is 42.6 Å². The van der Waals surface area contributed by atoms with Crippen molar-refractivity contribution in [2.45, 2.75) is 64.8 Å². The van der Waals surface area contributed by atoms with E-state index in [9.17, 15) is 28.4 Å². The zero-order valence-corrected chi connectivity index (χ0v) is 27.9. The maximum atomic E-state index is 13.7. The highest BCUT2D eigenvalue weighted by atomic mass is 19.1. The van der Waals surface area contributed by atoms with Crippen LogP contribution in [0, 0.1) is 18.7 Å². The number of ether oxygens (including phenoxy) is 1. The van der Waals surface area contributed by atoms with Crippen molar-refractivity contribution in [3.8, 4) is 0 Å². The molecular formula is C36H39FN6O7. The van der Waals surface area contributed by atoms with E-state index in [1.54, 1.807) is 39.1 Å². The fourth-order valence-corrected chi connectivity index (χ4v) is 5.03. The fraction of sp³-hybridized carbons (Fsp3) is 0.306. The van der Waals surface area contributed by atoms with Gasteiger partial charge >= 0.3 is 5.97 Å². The van der Waals surface area contributed by atoms with Crippen LogP contribution in [0.5, 0.6) is 0 Å². The van der Waals surface area contributed by atoms with Gasteiger partial charge in [-0.3, -0.25) is 24.2 Å². The number of benzene rings is 2. The van der Waals surface area contributed by atoms with Gasteiger partial charge in [0.2, 0.25) is 17.7 Å². The number of hydrogen-bond acceptors (Lipinski definition) is 9. The first-order chi connectivity index (χ1) is 23.9. The summed E-state index contributed by atoms with van der Waals surface area (Å²) in [5.74, 6) is -3.76. The number of aryl methyl sites for hydroxylation is 1. The van der Waals surface area contributed by atoms with E-state index in [0.29, 0.717) is 11.3 Å². The van der Waals surface area contributed by atoms with E-state index < -0.39 is 59.5 Å². The van der Waals surface area contributed by atoms with Crippen LogP contribution in [0.25, 0.3) is 10.9 Å². The molecule has 0 unspecified atom stereocenters. The van der Waals surface area contributed by atoms with Crippen molar-refractivity contribution in [2.24, 2.45) is 11.7 Å². The van der Waals surface area contributed by atoms with Crippen molar-refractivity contribution in [3.05, 3.63) is 107 Å². The third kappa shape index (κ3) is 10.8. The summed E-state index contributed by atoms with van der Waals surface area (Å²) >= 11 is 0. The lowest BCUT2D eigenvalue weighted by atomic mass is 10.00. The van der Waals surface area contributed by atoms with Crippen LogP contribution < -0.4 is 21.7 Å². The normalized spacial score (nSPS) is 13.1. The van der Waals surface area contributed by atoms with E-state index in [-0.39, 0.29) is 31.6 Å². The number of aromatic nitrogens is 2. The molecule has 0 saturated carbocycles. The van der Waals surface area contributed by atoms with Crippen LogP contribution in [-0.4, -0.2) is 57.9 Å². The largest absolute Gasteiger partial charge is 0.458 e. The Balaban J connectivity index is 1.49. The minimum atomic E-state index is -1.21. The third-order valence-electron chi connectivity index (χ3n) is 7.68. The van der Waals surface area contributed by atoms with Crippen LogP contribution in [0.3, 0.4) is 0 Å². The summed E-state index contributed by atoms with van der Waals surface area (Å²) in [5, 5.41) is 12.6. The van der Waals surface area contributed by atoms with Crippen molar-refractivity contribution in [2.75, 3.05) is 0 Å². The fourth-order valence-electron chi connectivity index (χ4n) is 5.03. The second-order valence-corrected chi connectivity index (χ2v) is 12.0. The number of halogens is 1. The standard InChI is InChI=1S/C36H39FN6O7/c1-21(2)33(42-35(47)30-18-22(3)50-43-30)36(48)41-29(19-23-9-11-25(37)12-10-23)34(46)40-26(13-15-31(38)44)14-16-32(45)49-20-24-6-4-8-28-27(24)7-5-17-39-28/h4-12,14,16-18,21,26,29,33H,13,15,19-20H2,1-3H3,(H2,38,44)(H,40,46)(H,41,48)(H,42,47)/b16-14+/t26-,29+,33+/m1/s1. The molecule has 0 aliphatic carbocycles. The number of primary amides is 1. The molecule has 2 heterocycles. The third-order valence-corrected chi connectivity index (χ3v) is 7.68. The number of nitrogens with two attached hydrogens (primary N) is 1. The SMILES string of the molecule is Cc1cc(C(=O)N[C@H](C(=O)N[C@@H](Cc2ccc(F)cc2)C(=O)N[C@@H](/C=C/C(=O)OCc2cccc3ncccc23)CCC(N)=O)C(C)C)no1. The first-order valence-electron chi connectivity index (χ1n) is 15.9. The molecule has 5 N–H and O–H groups in total. The van der Waals surface area contributed by atoms with Gasteiger partial charge in [0.05, 0.1) is 5.52 Å². The summed E-state index contributed by atoms with van der Waals surface area (Å²) in [5.41, 5.74) is 7.39. The van der Waals surface area contributed by atoms with Gasteiger partial charge in [0.15, 0.2) is 5.69 Å². The lowest BCUT2D eigenvalue weighted by molar-refractivity contribution is -0.139. The van der Waals surface area contributed by atoms with Gasteiger partial charge in [-0.05, 0) is 54.7 Å².